The van der Waals surface area contributed by atoms with Crippen molar-refractivity contribution in [3.63, 3.8) is 0 Å². The van der Waals surface area contributed by atoms with Crippen molar-refractivity contribution in [1.29, 1.82) is 0 Å². The van der Waals surface area contributed by atoms with E-state index in [1.54, 1.807) is 0 Å². The van der Waals surface area contributed by atoms with E-state index in [1.807, 2.05) is 19.9 Å². The van der Waals surface area contributed by atoms with Gasteiger partial charge >= 0.3 is 0 Å². The van der Waals surface area contributed by atoms with Crippen LogP contribution >= 0.6 is 0 Å². The number of rotatable bonds is 3. The van der Waals surface area contributed by atoms with Crippen molar-refractivity contribution in [3.05, 3.63) is 17.7 Å². The monoisotopic (exact) mass is 250 g/mol. The van der Waals surface area contributed by atoms with Crippen LogP contribution < -0.4 is 15.4 Å². The standard InChI is InChI=1S/C14H22N2O2/c1-10(2)18-14-9-13(11(3)8-12(14)15)16-4-6-17-7-5-16/h8-10H,4-7,15H2,1-3H3. The average molecular weight is 250 g/mol. The van der Waals surface area contributed by atoms with E-state index in [9.17, 15) is 0 Å². The van der Waals surface area contributed by atoms with Gasteiger partial charge in [0.25, 0.3) is 0 Å². The number of hydrogen-bond acceptors (Lipinski definition) is 4. The third kappa shape index (κ3) is 2.88. The number of anilines is 2. The van der Waals surface area contributed by atoms with E-state index in [-0.39, 0.29) is 6.10 Å². The van der Waals surface area contributed by atoms with Crippen molar-refractivity contribution < 1.29 is 9.47 Å². The molecule has 1 aliphatic rings. The molecular weight excluding hydrogens is 228 g/mol. The second-order valence-corrected chi connectivity index (χ2v) is 4.94. The SMILES string of the molecule is Cc1cc(N)c(OC(C)C)cc1N1CCOCC1. The second-order valence-electron chi connectivity index (χ2n) is 4.94. The van der Waals surface area contributed by atoms with Crippen LogP contribution in [0.25, 0.3) is 0 Å². The zero-order chi connectivity index (χ0) is 13.1. The highest BCUT2D eigenvalue weighted by molar-refractivity contribution is 5.66. The normalized spacial score (nSPS) is 16.1. The molecule has 18 heavy (non-hydrogen) atoms. The van der Waals surface area contributed by atoms with Crippen LogP contribution in [0.4, 0.5) is 11.4 Å². The molecule has 2 rings (SSSR count). The Hall–Kier alpha value is -1.42. The van der Waals surface area contributed by atoms with Crippen LogP contribution in [0.3, 0.4) is 0 Å². The maximum Gasteiger partial charge on any atom is 0.144 e. The highest BCUT2D eigenvalue weighted by Crippen LogP contribution is 2.32. The smallest absolute Gasteiger partial charge is 0.144 e. The highest BCUT2D eigenvalue weighted by atomic mass is 16.5. The van der Waals surface area contributed by atoms with E-state index < -0.39 is 0 Å². The Labute approximate surface area is 109 Å². The number of nitrogen functional groups attached to an aromatic ring is 1. The first-order valence-corrected chi connectivity index (χ1v) is 6.47. The molecule has 1 fully saturated rings. The minimum Gasteiger partial charge on any atom is -0.489 e. The third-order valence-electron chi connectivity index (χ3n) is 3.04. The average Bonchev–Trinajstić information content (AvgIpc) is 2.33. The van der Waals surface area contributed by atoms with Crippen molar-refractivity contribution >= 4 is 11.4 Å². The summed E-state index contributed by atoms with van der Waals surface area (Å²) in [6.07, 6.45) is 0.132. The lowest BCUT2D eigenvalue weighted by atomic mass is 10.1. The van der Waals surface area contributed by atoms with Crippen molar-refractivity contribution in [1.82, 2.24) is 0 Å². The molecule has 0 amide bonds. The molecule has 0 spiro atoms. The van der Waals surface area contributed by atoms with Gasteiger partial charge in [-0.05, 0) is 32.4 Å². The lowest BCUT2D eigenvalue weighted by Gasteiger charge is -2.31. The quantitative estimate of drug-likeness (QED) is 0.835. The van der Waals surface area contributed by atoms with Gasteiger partial charge < -0.3 is 20.1 Å². The molecule has 0 aromatic heterocycles. The lowest BCUT2D eigenvalue weighted by Crippen LogP contribution is -2.36. The molecule has 1 aromatic rings. The molecule has 0 radical (unpaired) electrons. The van der Waals surface area contributed by atoms with Gasteiger partial charge in [-0.15, -0.1) is 0 Å². The Bertz CT molecular complexity index is 413. The van der Waals surface area contributed by atoms with Crippen LogP contribution in [-0.4, -0.2) is 32.4 Å². The van der Waals surface area contributed by atoms with E-state index in [0.717, 1.165) is 32.1 Å². The second kappa shape index (κ2) is 5.48. The predicted molar refractivity (Wildman–Crippen MR) is 74.4 cm³/mol. The number of nitrogens with zero attached hydrogens (tertiary/aromatic N) is 1. The van der Waals surface area contributed by atoms with Gasteiger partial charge in [0.2, 0.25) is 0 Å². The Morgan fingerprint density at radius 3 is 2.56 bits per heavy atom. The molecule has 1 aromatic carbocycles. The van der Waals surface area contributed by atoms with E-state index >= 15 is 0 Å². The zero-order valence-corrected chi connectivity index (χ0v) is 11.4. The fraction of sp³-hybridized carbons (Fsp3) is 0.571. The summed E-state index contributed by atoms with van der Waals surface area (Å²) in [6, 6.07) is 4.04. The first-order chi connectivity index (χ1) is 8.58. The van der Waals surface area contributed by atoms with E-state index in [2.05, 4.69) is 17.9 Å². The van der Waals surface area contributed by atoms with Crippen molar-refractivity contribution in [3.8, 4) is 5.75 Å². The Kier molecular flexibility index (Phi) is 3.97. The van der Waals surface area contributed by atoms with Gasteiger partial charge in [0, 0.05) is 24.8 Å². The Morgan fingerprint density at radius 2 is 1.94 bits per heavy atom. The maximum absolute atomic E-state index is 6.00. The molecule has 0 saturated carbocycles. The molecule has 1 saturated heterocycles. The van der Waals surface area contributed by atoms with E-state index in [4.69, 9.17) is 15.2 Å². The molecule has 1 heterocycles. The van der Waals surface area contributed by atoms with Crippen LogP contribution in [0.5, 0.6) is 5.75 Å². The third-order valence-corrected chi connectivity index (χ3v) is 3.04. The largest absolute Gasteiger partial charge is 0.489 e. The molecule has 0 atom stereocenters. The van der Waals surface area contributed by atoms with Crippen LogP contribution in [0.15, 0.2) is 12.1 Å². The molecular formula is C14H22N2O2. The van der Waals surface area contributed by atoms with Gasteiger partial charge in [0.15, 0.2) is 0 Å². The van der Waals surface area contributed by atoms with Gasteiger partial charge in [0.05, 0.1) is 25.0 Å². The Morgan fingerprint density at radius 1 is 1.28 bits per heavy atom. The van der Waals surface area contributed by atoms with Gasteiger partial charge in [-0.1, -0.05) is 0 Å². The van der Waals surface area contributed by atoms with Crippen LogP contribution in [0.2, 0.25) is 0 Å². The maximum atomic E-state index is 6.00. The molecule has 1 aliphatic heterocycles. The van der Waals surface area contributed by atoms with Crippen molar-refractivity contribution in [2.75, 3.05) is 36.9 Å². The number of morpholine rings is 1. The first kappa shape index (κ1) is 13.0. The molecule has 4 nitrogen and oxygen atoms in total. The molecule has 0 aliphatic carbocycles. The molecule has 2 N–H and O–H groups in total. The minimum atomic E-state index is 0.132. The van der Waals surface area contributed by atoms with Gasteiger partial charge in [-0.3, -0.25) is 0 Å². The van der Waals surface area contributed by atoms with Gasteiger partial charge in [-0.25, -0.2) is 0 Å². The lowest BCUT2D eigenvalue weighted by molar-refractivity contribution is 0.122. The van der Waals surface area contributed by atoms with Gasteiger partial charge in [0.1, 0.15) is 5.75 Å². The summed E-state index contributed by atoms with van der Waals surface area (Å²) in [5.74, 6) is 0.775. The molecule has 0 bridgehead atoms. The summed E-state index contributed by atoms with van der Waals surface area (Å²) in [5, 5.41) is 0. The van der Waals surface area contributed by atoms with E-state index in [0.29, 0.717) is 5.69 Å². The summed E-state index contributed by atoms with van der Waals surface area (Å²) in [6.45, 7) is 9.51. The highest BCUT2D eigenvalue weighted by Gasteiger charge is 2.16. The van der Waals surface area contributed by atoms with Crippen LogP contribution in [0.1, 0.15) is 19.4 Å². The van der Waals surface area contributed by atoms with E-state index in [1.165, 1.54) is 11.3 Å². The molecule has 100 valence electrons. The first-order valence-electron chi connectivity index (χ1n) is 6.47. The Balaban J connectivity index is 2.28. The number of benzene rings is 1. The van der Waals surface area contributed by atoms with Crippen LogP contribution in [-0.2, 0) is 4.74 Å². The fourth-order valence-corrected chi connectivity index (χ4v) is 2.20. The zero-order valence-electron chi connectivity index (χ0n) is 11.4. The van der Waals surface area contributed by atoms with Gasteiger partial charge in [-0.2, -0.15) is 0 Å². The summed E-state index contributed by atoms with van der Waals surface area (Å²) >= 11 is 0. The minimum absolute atomic E-state index is 0.132. The van der Waals surface area contributed by atoms with Crippen molar-refractivity contribution in [2.45, 2.75) is 26.9 Å². The van der Waals surface area contributed by atoms with Crippen molar-refractivity contribution in [2.24, 2.45) is 0 Å². The summed E-state index contributed by atoms with van der Waals surface area (Å²) in [4.78, 5) is 2.32. The predicted octanol–water partition coefficient (Wildman–Crippen LogP) is 2.20. The number of ether oxygens (including phenoxy) is 2. The number of aryl methyl sites for hydroxylation is 1. The fourth-order valence-electron chi connectivity index (χ4n) is 2.20. The molecule has 4 heteroatoms. The summed E-state index contributed by atoms with van der Waals surface area (Å²) in [5.41, 5.74) is 9.09. The summed E-state index contributed by atoms with van der Waals surface area (Å²) in [7, 11) is 0. The number of nitrogens with two attached hydrogens (primary N) is 1. The number of hydrogen-bond donors (Lipinski definition) is 1. The topological polar surface area (TPSA) is 47.7 Å². The van der Waals surface area contributed by atoms with Crippen LogP contribution in [0, 0.1) is 6.92 Å². The summed E-state index contributed by atoms with van der Waals surface area (Å²) < 4.78 is 11.1. The molecule has 0 unspecified atom stereocenters.